The molecule has 3 aromatic rings. The molecule has 0 aliphatic rings. The molecule has 0 saturated heterocycles. The van der Waals surface area contributed by atoms with E-state index in [1.54, 1.807) is 0 Å². The van der Waals surface area contributed by atoms with E-state index in [1.807, 2.05) is 0 Å². The molecule has 162 valence electrons. The maximum atomic E-state index is 14.2. The Kier molecular flexibility index (Phi) is 6.87. The van der Waals surface area contributed by atoms with Gasteiger partial charge in [-0.15, -0.1) is 0 Å². The number of halogens is 3. The second kappa shape index (κ2) is 9.40. The Hall–Kier alpha value is -3.04. The average Bonchev–Trinajstić information content (AvgIpc) is 2.75. The van der Waals surface area contributed by atoms with Crippen molar-refractivity contribution in [3.05, 3.63) is 88.1 Å². The number of carbonyl (C=O) groups is 1. The molecule has 0 unspecified atom stereocenters. The smallest absolute Gasteiger partial charge is 0.407 e. The number of aromatic nitrogens is 1. The molecule has 0 fully saturated rings. The summed E-state index contributed by atoms with van der Waals surface area (Å²) in [6.45, 7) is -0.0484. The summed E-state index contributed by atoms with van der Waals surface area (Å²) in [4.78, 5) is 15.6. The lowest BCUT2D eigenvalue weighted by molar-refractivity contribution is 0.170. The minimum absolute atomic E-state index is 0.00661. The first kappa shape index (κ1) is 22.6. The fourth-order valence-corrected chi connectivity index (χ4v) is 4.15. The van der Waals surface area contributed by atoms with E-state index < -0.39 is 27.6 Å². The van der Waals surface area contributed by atoms with Crippen molar-refractivity contribution >= 4 is 27.5 Å². The quantitative estimate of drug-likeness (QED) is 0.585. The minimum Gasteiger partial charge on any atom is -0.453 e. The van der Waals surface area contributed by atoms with Crippen molar-refractivity contribution in [3.8, 4) is 0 Å². The zero-order valence-electron chi connectivity index (χ0n) is 16.2. The van der Waals surface area contributed by atoms with Crippen LogP contribution in [0, 0.1) is 11.6 Å². The number of hydrogen-bond acceptors (Lipinski definition) is 5. The predicted octanol–water partition coefficient (Wildman–Crippen LogP) is 4.29. The molecule has 6 nitrogen and oxygen atoms in total. The number of carbonyl (C=O) groups excluding carboxylic acids is 1. The van der Waals surface area contributed by atoms with Crippen molar-refractivity contribution in [2.24, 2.45) is 0 Å². The highest BCUT2D eigenvalue weighted by molar-refractivity contribution is 7.91. The SMILES string of the molecule is COC(=O)NCc1ccc(S(=O)(=O)c2ccc(Cl)cc2)nc1Cc1cc(F)ccc1F. The number of sulfone groups is 1. The Bertz CT molecular complexity index is 1220. The molecule has 31 heavy (non-hydrogen) atoms. The van der Waals surface area contributed by atoms with Crippen LogP contribution in [0.4, 0.5) is 13.6 Å². The van der Waals surface area contributed by atoms with E-state index in [1.165, 1.54) is 43.5 Å². The van der Waals surface area contributed by atoms with Gasteiger partial charge in [0.15, 0.2) is 5.03 Å². The second-order valence-electron chi connectivity index (χ2n) is 6.47. The number of hydrogen-bond donors (Lipinski definition) is 1. The predicted molar refractivity (Wildman–Crippen MR) is 110 cm³/mol. The molecule has 0 aliphatic heterocycles. The van der Waals surface area contributed by atoms with E-state index in [0.29, 0.717) is 10.6 Å². The van der Waals surface area contributed by atoms with Crippen LogP contribution < -0.4 is 5.32 Å². The highest BCUT2D eigenvalue weighted by Crippen LogP contribution is 2.24. The third kappa shape index (κ3) is 5.36. The molecule has 1 heterocycles. The van der Waals surface area contributed by atoms with Crippen LogP contribution in [0.2, 0.25) is 5.02 Å². The topological polar surface area (TPSA) is 85.4 Å². The lowest BCUT2D eigenvalue weighted by Gasteiger charge is -2.13. The van der Waals surface area contributed by atoms with Gasteiger partial charge in [-0.3, -0.25) is 0 Å². The summed E-state index contributed by atoms with van der Waals surface area (Å²) >= 11 is 5.82. The molecule has 0 aliphatic carbocycles. The highest BCUT2D eigenvalue weighted by atomic mass is 35.5. The van der Waals surface area contributed by atoms with Crippen LogP contribution in [0.25, 0.3) is 0 Å². The molecule has 0 bridgehead atoms. The van der Waals surface area contributed by atoms with Crippen molar-refractivity contribution < 1.29 is 26.7 Å². The third-order valence-electron chi connectivity index (χ3n) is 4.42. The lowest BCUT2D eigenvalue weighted by Crippen LogP contribution is -2.23. The Balaban J connectivity index is 2.04. The number of ether oxygens (including phenoxy) is 1. The lowest BCUT2D eigenvalue weighted by atomic mass is 10.0. The Labute approximate surface area is 182 Å². The van der Waals surface area contributed by atoms with E-state index in [4.69, 9.17) is 11.6 Å². The summed E-state index contributed by atoms with van der Waals surface area (Å²) in [6, 6.07) is 11.3. The van der Waals surface area contributed by atoms with Crippen LogP contribution >= 0.6 is 11.6 Å². The number of nitrogens with zero attached hydrogens (tertiary/aromatic N) is 1. The molecule has 2 aromatic carbocycles. The van der Waals surface area contributed by atoms with Gasteiger partial charge in [-0.1, -0.05) is 17.7 Å². The van der Waals surface area contributed by atoms with Gasteiger partial charge in [-0.05, 0) is 59.7 Å². The second-order valence-corrected chi connectivity index (χ2v) is 8.80. The van der Waals surface area contributed by atoms with Crippen LogP contribution in [-0.2, 0) is 27.5 Å². The molecule has 1 aromatic heterocycles. The summed E-state index contributed by atoms with van der Waals surface area (Å²) in [5, 5.41) is 2.56. The van der Waals surface area contributed by atoms with E-state index in [9.17, 15) is 22.0 Å². The number of benzene rings is 2. The first-order chi connectivity index (χ1) is 14.7. The maximum Gasteiger partial charge on any atom is 0.407 e. The monoisotopic (exact) mass is 466 g/mol. The minimum atomic E-state index is -3.99. The maximum absolute atomic E-state index is 14.2. The summed E-state index contributed by atoms with van der Waals surface area (Å²) < 4.78 is 58.2. The van der Waals surface area contributed by atoms with E-state index >= 15 is 0 Å². The summed E-state index contributed by atoms with van der Waals surface area (Å²) in [5.74, 6) is -1.31. The van der Waals surface area contributed by atoms with Gasteiger partial charge in [0, 0.05) is 18.0 Å². The highest BCUT2D eigenvalue weighted by Gasteiger charge is 2.21. The average molecular weight is 467 g/mol. The summed E-state index contributed by atoms with van der Waals surface area (Å²) in [5.41, 5.74) is 0.577. The third-order valence-corrected chi connectivity index (χ3v) is 6.34. The molecular formula is C21H17ClF2N2O4S. The zero-order chi connectivity index (χ0) is 22.6. The van der Waals surface area contributed by atoms with E-state index in [-0.39, 0.29) is 34.1 Å². The summed E-state index contributed by atoms with van der Waals surface area (Å²) in [6.07, 6.45) is -0.896. The van der Waals surface area contributed by atoms with Crippen LogP contribution in [0.1, 0.15) is 16.8 Å². The standard InChI is InChI=1S/C21H17ClF2N2O4S/c1-30-21(27)25-12-13-2-9-20(31(28,29)17-6-3-15(22)4-7-17)26-19(13)11-14-10-16(23)5-8-18(14)24/h2-10H,11-12H2,1H3,(H,25,27). The fraction of sp³-hybridized carbons (Fsp3) is 0.143. The first-order valence-electron chi connectivity index (χ1n) is 8.96. The van der Waals surface area contributed by atoms with Crippen LogP contribution in [0.3, 0.4) is 0 Å². The number of rotatable bonds is 6. The Morgan fingerprint density at radius 1 is 1.06 bits per heavy atom. The van der Waals surface area contributed by atoms with E-state index in [2.05, 4.69) is 15.0 Å². The van der Waals surface area contributed by atoms with Gasteiger partial charge >= 0.3 is 6.09 Å². The van der Waals surface area contributed by atoms with Crippen LogP contribution in [0.5, 0.6) is 0 Å². The van der Waals surface area contributed by atoms with Crippen molar-refractivity contribution in [3.63, 3.8) is 0 Å². The van der Waals surface area contributed by atoms with Gasteiger partial charge in [0.05, 0.1) is 17.7 Å². The van der Waals surface area contributed by atoms with Crippen LogP contribution in [0.15, 0.2) is 64.5 Å². The molecule has 0 spiro atoms. The van der Waals surface area contributed by atoms with Gasteiger partial charge in [0.1, 0.15) is 11.6 Å². The van der Waals surface area contributed by atoms with Gasteiger partial charge in [-0.25, -0.2) is 27.0 Å². The fourth-order valence-electron chi connectivity index (χ4n) is 2.81. The van der Waals surface area contributed by atoms with Crippen LogP contribution in [-0.4, -0.2) is 26.6 Å². The molecule has 3 rings (SSSR count). The Morgan fingerprint density at radius 3 is 2.45 bits per heavy atom. The normalized spacial score (nSPS) is 11.2. The molecule has 0 radical (unpaired) electrons. The van der Waals surface area contributed by atoms with Gasteiger partial charge in [-0.2, -0.15) is 0 Å². The molecule has 1 amide bonds. The first-order valence-corrected chi connectivity index (χ1v) is 10.8. The van der Waals surface area contributed by atoms with Gasteiger partial charge in [0.25, 0.3) is 0 Å². The van der Waals surface area contributed by atoms with Crippen molar-refractivity contribution in [2.45, 2.75) is 22.9 Å². The molecular weight excluding hydrogens is 450 g/mol. The van der Waals surface area contributed by atoms with E-state index in [0.717, 1.165) is 18.2 Å². The van der Waals surface area contributed by atoms with Crippen molar-refractivity contribution in [1.29, 1.82) is 0 Å². The molecule has 1 N–H and O–H groups in total. The number of alkyl carbamates (subject to hydrolysis) is 1. The number of nitrogens with one attached hydrogen (secondary N) is 1. The van der Waals surface area contributed by atoms with Gasteiger partial charge in [0.2, 0.25) is 9.84 Å². The zero-order valence-corrected chi connectivity index (χ0v) is 17.8. The number of amides is 1. The largest absolute Gasteiger partial charge is 0.453 e. The molecule has 0 atom stereocenters. The molecule has 10 heteroatoms. The van der Waals surface area contributed by atoms with Gasteiger partial charge < -0.3 is 10.1 Å². The molecule has 0 saturated carbocycles. The number of methoxy groups -OCH3 is 1. The Morgan fingerprint density at radius 2 is 1.77 bits per heavy atom. The van der Waals surface area contributed by atoms with Crippen molar-refractivity contribution in [1.82, 2.24) is 10.3 Å². The number of pyridine rings is 1. The summed E-state index contributed by atoms with van der Waals surface area (Å²) in [7, 11) is -2.80. The van der Waals surface area contributed by atoms with Crippen molar-refractivity contribution in [2.75, 3.05) is 7.11 Å².